The molecule has 3 atom stereocenters. The third-order valence-electron chi connectivity index (χ3n) is 6.83. The summed E-state index contributed by atoms with van der Waals surface area (Å²) in [4.78, 5) is 27.1. The van der Waals surface area contributed by atoms with Crippen LogP contribution in [0.25, 0.3) is 0 Å². The first kappa shape index (κ1) is 29.8. The number of nitrogens with one attached hydrogen (secondary N) is 1. The van der Waals surface area contributed by atoms with Gasteiger partial charge in [0.15, 0.2) is 11.4 Å². The Hall–Kier alpha value is -3.18. The number of nitrogens with zero attached hydrogens (tertiary/aromatic N) is 2. The lowest BCUT2D eigenvalue weighted by Gasteiger charge is -2.36. The van der Waals surface area contributed by atoms with Crippen LogP contribution in [0.1, 0.15) is 73.2 Å². The number of aromatic nitrogens is 2. The summed E-state index contributed by atoms with van der Waals surface area (Å²) >= 11 is 1.65. The standard InChI is InChI=1S/C30H37N3O6S/c1-33-16-15-31-30(33)40-20-25-17-26(23-11-9-22(19-34)10-12-23)39-29(38-25)24-13-7-21(8-14-24)18-32-27(35)5-3-2-4-6-28(36)37/h7-16,25-26,29,34H,2-6,17-20H2,1H3,(H,32,35)(H,36,37)/t25-,26+,29+/m0/s1. The van der Waals surface area contributed by atoms with Gasteiger partial charge in [0, 0.05) is 56.6 Å². The van der Waals surface area contributed by atoms with Crippen molar-refractivity contribution >= 4 is 23.6 Å². The summed E-state index contributed by atoms with van der Waals surface area (Å²) < 4.78 is 14.8. The number of aliphatic hydroxyl groups is 1. The molecule has 0 saturated carbocycles. The molecule has 1 amide bonds. The highest BCUT2D eigenvalue weighted by Gasteiger charge is 2.32. The van der Waals surface area contributed by atoms with Crippen LogP contribution < -0.4 is 5.32 Å². The van der Waals surface area contributed by atoms with Gasteiger partial charge in [0.2, 0.25) is 5.91 Å². The number of hydrogen-bond acceptors (Lipinski definition) is 7. The van der Waals surface area contributed by atoms with Crippen LogP contribution in [0.4, 0.5) is 0 Å². The highest BCUT2D eigenvalue weighted by molar-refractivity contribution is 7.99. The van der Waals surface area contributed by atoms with Gasteiger partial charge in [-0.25, -0.2) is 4.98 Å². The van der Waals surface area contributed by atoms with Gasteiger partial charge in [-0.05, 0) is 29.5 Å². The van der Waals surface area contributed by atoms with E-state index in [4.69, 9.17) is 14.6 Å². The average Bonchev–Trinajstić information content (AvgIpc) is 3.39. The number of thioether (sulfide) groups is 1. The monoisotopic (exact) mass is 567 g/mol. The highest BCUT2D eigenvalue weighted by Crippen LogP contribution is 2.39. The van der Waals surface area contributed by atoms with Crippen molar-refractivity contribution in [1.29, 1.82) is 0 Å². The van der Waals surface area contributed by atoms with Crippen LogP contribution in [0.2, 0.25) is 0 Å². The summed E-state index contributed by atoms with van der Waals surface area (Å²) in [7, 11) is 1.97. The van der Waals surface area contributed by atoms with Gasteiger partial charge in [0.1, 0.15) is 0 Å². The summed E-state index contributed by atoms with van der Waals surface area (Å²) in [5.41, 5.74) is 3.77. The number of hydrogen-bond donors (Lipinski definition) is 3. The third kappa shape index (κ3) is 8.92. The van der Waals surface area contributed by atoms with Crippen LogP contribution in [-0.2, 0) is 39.3 Å². The van der Waals surface area contributed by atoms with E-state index in [1.807, 2.05) is 66.3 Å². The number of unbranched alkanes of at least 4 members (excludes halogenated alkanes) is 2. The van der Waals surface area contributed by atoms with Crippen LogP contribution in [0.3, 0.4) is 0 Å². The van der Waals surface area contributed by atoms with Gasteiger partial charge in [-0.3, -0.25) is 9.59 Å². The molecule has 10 heteroatoms. The molecule has 0 unspecified atom stereocenters. The number of carbonyl (C=O) groups is 2. The van der Waals surface area contributed by atoms with E-state index in [9.17, 15) is 14.7 Å². The molecule has 2 aromatic carbocycles. The normalized spacial score (nSPS) is 18.9. The van der Waals surface area contributed by atoms with E-state index >= 15 is 0 Å². The topological polar surface area (TPSA) is 123 Å². The Balaban J connectivity index is 1.35. The van der Waals surface area contributed by atoms with E-state index in [1.54, 1.807) is 18.0 Å². The number of rotatable bonds is 14. The zero-order valence-corrected chi connectivity index (χ0v) is 23.5. The van der Waals surface area contributed by atoms with Crippen LogP contribution >= 0.6 is 11.8 Å². The summed E-state index contributed by atoms with van der Waals surface area (Å²) in [6, 6.07) is 15.7. The number of ether oxygens (including phenoxy) is 2. The minimum Gasteiger partial charge on any atom is -0.481 e. The number of aryl methyl sites for hydroxylation is 1. The molecule has 2 heterocycles. The number of carboxylic acids is 1. The van der Waals surface area contributed by atoms with Gasteiger partial charge in [-0.2, -0.15) is 0 Å². The van der Waals surface area contributed by atoms with Gasteiger partial charge >= 0.3 is 5.97 Å². The Kier molecular flexibility index (Phi) is 11.2. The minimum atomic E-state index is -0.803. The molecule has 1 aromatic heterocycles. The number of aliphatic carboxylic acids is 1. The van der Waals surface area contributed by atoms with Gasteiger partial charge in [-0.15, -0.1) is 0 Å². The highest BCUT2D eigenvalue weighted by atomic mass is 32.2. The summed E-state index contributed by atoms with van der Waals surface area (Å²) in [6.07, 6.45) is 6.18. The molecule has 0 radical (unpaired) electrons. The smallest absolute Gasteiger partial charge is 0.303 e. The van der Waals surface area contributed by atoms with Gasteiger partial charge < -0.3 is 29.6 Å². The Labute approximate surface area is 238 Å². The molecule has 9 nitrogen and oxygen atoms in total. The fraction of sp³-hybridized carbons (Fsp3) is 0.433. The third-order valence-corrected chi connectivity index (χ3v) is 8.02. The predicted octanol–water partition coefficient (Wildman–Crippen LogP) is 4.90. The van der Waals surface area contributed by atoms with Gasteiger partial charge in [0.05, 0.1) is 18.8 Å². The molecule has 40 heavy (non-hydrogen) atoms. The maximum atomic E-state index is 12.2. The SMILES string of the molecule is Cn1ccnc1SC[C@@H]1C[C@H](c2ccc(CO)cc2)O[C@H](c2ccc(CNC(=O)CCCCCC(=O)O)cc2)O1. The zero-order chi connectivity index (χ0) is 28.3. The summed E-state index contributed by atoms with van der Waals surface area (Å²) in [6.45, 7) is 0.420. The quantitative estimate of drug-likeness (QED) is 0.186. The van der Waals surface area contributed by atoms with Crippen molar-refractivity contribution in [3.8, 4) is 0 Å². The van der Waals surface area contributed by atoms with Gasteiger partial charge in [-0.1, -0.05) is 66.7 Å². The predicted molar refractivity (Wildman–Crippen MR) is 151 cm³/mol. The molecule has 3 aromatic rings. The first-order valence-electron chi connectivity index (χ1n) is 13.6. The Morgan fingerprint density at radius 2 is 1.70 bits per heavy atom. The van der Waals surface area contributed by atoms with E-state index in [2.05, 4.69) is 10.3 Å². The second kappa shape index (κ2) is 15.0. The minimum absolute atomic E-state index is 0.0000647. The number of imidazole rings is 1. The number of benzene rings is 2. The molecule has 214 valence electrons. The lowest BCUT2D eigenvalue weighted by Crippen LogP contribution is -2.31. The number of aliphatic hydroxyl groups excluding tert-OH is 1. The molecule has 3 N–H and O–H groups in total. The Morgan fingerprint density at radius 3 is 2.38 bits per heavy atom. The lowest BCUT2D eigenvalue weighted by atomic mass is 10.0. The Bertz CT molecular complexity index is 1230. The van der Waals surface area contributed by atoms with E-state index in [0.29, 0.717) is 32.2 Å². The van der Waals surface area contributed by atoms with E-state index in [-0.39, 0.29) is 31.1 Å². The van der Waals surface area contributed by atoms with Crippen molar-refractivity contribution in [3.63, 3.8) is 0 Å². The second-order valence-electron chi connectivity index (χ2n) is 9.95. The second-order valence-corrected chi connectivity index (χ2v) is 10.9. The van der Waals surface area contributed by atoms with Crippen molar-refractivity contribution in [3.05, 3.63) is 83.2 Å². The lowest BCUT2D eigenvalue weighted by molar-refractivity contribution is -0.245. The van der Waals surface area contributed by atoms with Gasteiger partial charge in [0.25, 0.3) is 0 Å². The number of amides is 1. The largest absolute Gasteiger partial charge is 0.481 e. The van der Waals surface area contributed by atoms with Crippen LogP contribution in [-0.4, -0.2) is 43.5 Å². The zero-order valence-electron chi connectivity index (χ0n) is 22.7. The maximum Gasteiger partial charge on any atom is 0.303 e. The molecule has 0 bridgehead atoms. The van der Waals surface area contributed by atoms with Crippen molar-refractivity contribution < 1.29 is 29.3 Å². The number of carboxylic acid groups (broad SMARTS) is 1. The maximum absolute atomic E-state index is 12.2. The molecule has 1 fully saturated rings. The molecule has 1 saturated heterocycles. The molecule has 4 rings (SSSR count). The van der Waals surface area contributed by atoms with Crippen molar-refractivity contribution in [2.24, 2.45) is 7.05 Å². The van der Waals surface area contributed by atoms with Crippen molar-refractivity contribution in [2.45, 2.75) is 75.3 Å². The first-order chi connectivity index (χ1) is 19.4. The van der Waals surface area contributed by atoms with Crippen LogP contribution in [0.5, 0.6) is 0 Å². The number of carbonyl (C=O) groups excluding carboxylic acids is 1. The van der Waals surface area contributed by atoms with E-state index < -0.39 is 12.3 Å². The summed E-state index contributed by atoms with van der Waals surface area (Å²) in [5, 5.41) is 22.0. The van der Waals surface area contributed by atoms with Crippen LogP contribution in [0.15, 0.2) is 66.1 Å². The average molecular weight is 568 g/mol. The molecule has 1 aliphatic rings. The molecule has 0 spiro atoms. The molecule has 0 aliphatic carbocycles. The fourth-order valence-electron chi connectivity index (χ4n) is 4.50. The first-order valence-corrected chi connectivity index (χ1v) is 14.6. The van der Waals surface area contributed by atoms with Crippen molar-refractivity contribution in [2.75, 3.05) is 5.75 Å². The molecular formula is C30H37N3O6S. The summed E-state index contributed by atoms with van der Waals surface area (Å²) in [5.74, 6) is -0.111. The van der Waals surface area contributed by atoms with E-state index in [0.717, 1.165) is 39.6 Å². The molecule has 1 aliphatic heterocycles. The van der Waals surface area contributed by atoms with E-state index in [1.165, 1.54) is 0 Å². The van der Waals surface area contributed by atoms with Crippen molar-refractivity contribution in [1.82, 2.24) is 14.9 Å². The Morgan fingerprint density at radius 1 is 1.00 bits per heavy atom. The fourth-order valence-corrected chi connectivity index (χ4v) is 5.45. The molecular weight excluding hydrogens is 530 g/mol. The van der Waals surface area contributed by atoms with Crippen LogP contribution in [0, 0.1) is 0 Å².